The van der Waals surface area contributed by atoms with E-state index in [2.05, 4.69) is 15.3 Å². The van der Waals surface area contributed by atoms with Crippen molar-refractivity contribution in [1.29, 1.82) is 0 Å². The number of piperidine rings is 1. The lowest BCUT2D eigenvalue weighted by molar-refractivity contribution is -0.113. The monoisotopic (exact) mass is 434 g/mol. The molecule has 1 aromatic heterocycles. The summed E-state index contributed by atoms with van der Waals surface area (Å²) in [5.74, 6) is -0.0904. The van der Waals surface area contributed by atoms with Crippen molar-refractivity contribution < 1.29 is 13.2 Å². The second-order valence-corrected chi connectivity index (χ2v) is 10.0. The predicted molar refractivity (Wildman–Crippen MR) is 115 cm³/mol. The smallest absolute Gasteiger partial charge is 0.243 e. The second-order valence-electron chi connectivity index (χ2n) is 7.13. The van der Waals surface area contributed by atoms with Crippen LogP contribution in [0.4, 0.5) is 5.69 Å². The van der Waals surface area contributed by atoms with Gasteiger partial charge in [0.05, 0.1) is 10.6 Å². The molecule has 1 aliphatic rings. The Morgan fingerprint density at radius 1 is 1.10 bits per heavy atom. The van der Waals surface area contributed by atoms with Gasteiger partial charge in [0.2, 0.25) is 15.9 Å². The molecule has 2 heterocycles. The SMILES string of the molecule is Cc1nc(SCC(=O)Nc2cccc(S(=O)(=O)N3CCCCC3)c2)nc(C)c1C. The van der Waals surface area contributed by atoms with Crippen LogP contribution in [0.5, 0.6) is 0 Å². The first-order valence-electron chi connectivity index (χ1n) is 9.62. The molecule has 0 bridgehead atoms. The minimum atomic E-state index is -3.53. The molecule has 156 valence electrons. The molecule has 1 N–H and O–H groups in total. The van der Waals surface area contributed by atoms with Crippen LogP contribution in [-0.2, 0) is 14.8 Å². The highest BCUT2D eigenvalue weighted by molar-refractivity contribution is 7.99. The number of hydrogen-bond donors (Lipinski definition) is 1. The molecule has 1 amide bonds. The fraction of sp³-hybridized carbons (Fsp3) is 0.450. The summed E-state index contributed by atoms with van der Waals surface area (Å²) in [7, 11) is -3.53. The van der Waals surface area contributed by atoms with Crippen LogP contribution in [0.15, 0.2) is 34.3 Å². The number of sulfonamides is 1. The molecular formula is C20H26N4O3S2. The van der Waals surface area contributed by atoms with Crippen LogP contribution >= 0.6 is 11.8 Å². The van der Waals surface area contributed by atoms with Crippen molar-refractivity contribution in [2.24, 2.45) is 0 Å². The van der Waals surface area contributed by atoms with Gasteiger partial charge in [-0.3, -0.25) is 4.79 Å². The molecule has 29 heavy (non-hydrogen) atoms. The number of rotatable bonds is 6. The van der Waals surface area contributed by atoms with Crippen molar-refractivity contribution in [2.75, 3.05) is 24.2 Å². The number of carbonyl (C=O) groups is 1. The van der Waals surface area contributed by atoms with Crippen LogP contribution in [-0.4, -0.2) is 47.4 Å². The van der Waals surface area contributed by atoms with Crippen LogP contribution < -0.4 is 5.32 Å². The van der Waals surface area contributed by atoms with E-state index < -0.39 is 10.0 Å². The van der Waals surface area contributed by atoms with Crippen molar-refractivity contribution in [3.8, 4) is 0 Å². The summed E-state index contributed by atoms with van der Waals surface area (Å²) in [6.07, 6.45) is 2.82. The van der Waals surface area contributed by atoms with Crippen molar-refractivity contribution in [3.63, 3.8) is 0 Å². The standard InChI is InChI=1S/C20H26N4O3S2/c1-14-15(2)21-20(22-16(14)3)28-13-19(25)23-17-8-7-9-18(12-17)29(26,27)24-10-5-4-6-11-24/h7-9,12H,4-6,10-11,13H2,1-3H3,(H,23,25). The van der Waals surface area contributed by atoms with E-state index >= 15 is 0 Å². The summed E-state index contributed by atoms with van der Waals surface area (Å²) in [4.78, 5) is 21.3. The summed E-state index contributed by atoms with van der Waals surface area (Å²) in [5, 5.41) is 3.33. The van der Waals surface area contributed by atoms with Gasteiger partial charge in [-0.2, -0.15) is 4.31 Å². The summed E-state index contributed by atoms with van der Waals surface area (Å²) in [6.45, 7) is 6.90. The Morgan fingerprint density at radius 3 is 2.41 bits per heavy atom. The van der Waals surface area contributed by atoms with Gasteiger partial charge in [-0.15, -0.1) is 0 Å². The predicted octanol–water partition coefficient (Wildman–Crippen LogP) is 3.31. The number of amides is 1. The maximum Gasteiger partial charge on any atom is 0.243 e. The fourth-order valence-corrected chi connectivity index (χ4v) is 5.42. The van der Waals surface area contributed by atoms with E-state index in [1.54, 1.807) is 18.2 Å². The molecule has 0 spiro atoms. The molecule has 0 unspecified atom stereocenters. The quantitative estimate of drug-likeness (QED) is 0.554. The van der Waals surface area contributed by atoms with Crippen LogP contribution in [0.3, 0.4) is 0 Å². The average Bonchev–Trinajstić information content (AvgIpc) is 2.71. The molecule has 0 radical (unpaired) electrons. The third-order valence-corrected chi connectivity index (χ3v) is 7.76. The van der Waals surface area contributed by atoms with Gasteiger partial charge in [-0.05, 0) is 57.4 Å². The molecule has 2 aromatic rings. The Hall–Kier alpha value is -1.97. The Labute approximate surface area is 176 Å². The number of benzene rings is 1. The second kappa shape index (κ2) is 9.23. The molecule has 1 fully saturated rings. The lowest BCUT2D eigenvalue weighted by Gasteiger charge is -2.26. The zero-order chi connectivity index (χ0) is 21.0. The maximum atomic E-state index is 12.8. The van der Waals surface area contributed by atoms with Crippen LogP contribution in [0.2, 0.25) is 0 Å². The van der Waals surface area contributed by atoms with Crippen LogP contribution in [0, 0.1) is 20.8 Å². The van der Waals surface area contributed by atoms with E-state index in [1.165, 1.54) is 22.1 Å². The number of nitrogens with one attached hydrogen (secondary N) is 1. The van der Waals surface area contributed by atoms with Gasteiger partial charge in [0.25, 0.3) is 0 Å². The van der Waals surface area contributed by atoms with Gasteiger partial charge >= 0.3 is 0 Å². The minimum Gasteiger partial charge on any atom is -0.325 e. The molecule has 3 rings (SSSR count). The Balaban J connectivity index is 1.64. The molecular weight excluding hydrogens is 408 g/mol. The number of aryl methyl sites for hydroxylation is 2. The Bertz CT molecular complexity index is 980. The number of nitrogens with zero attached hydrogens (tertiary/aromatic N) is 3. The van der Waals surface area contributed by atoms with Gasteiger partial charge in [-0.1, -0.05) is 24.2 Å². The van der Waals surface area contributed by atoms with E-state index in [0.717, 1.165) is 36.2 Å². The number of carbonyl (C=O) groups excluding carboxylic acids is 1. The summed E-state index contributed by atoms with van der Waals surface area (Å²) >= 11 is 1.26. The highest BCUT2D eigenvalue weighted by Crippen LogP contribution is 2.23. The normalized spacial score (nSPS) is 15.3. The first-order chi connectivity index (χ1) is 13.8. The molecule has 0 saturated carbocycles. The largest absolute Gasteiger partial charge is 0.325 e. The van der Waals surface area contributed by atoms with Crippen molar-refractivity contribution in [2.45, 2.75) is 50.1 Å². The number of anilines is 1. The Morgan fingerprint density at radius 2 is 1.76 bits per heavy atom. The lowest BCUT2D eigenvalue weighted by atomic mass is 10.2. The first kappa shape index (κ1) is 21.7. The molecule has 0 aliphatic carbocycles. The third kappa shape index (κ3) is 5.34. The molecule has 1 aromatic carbocycles. The number of aromatic nitrogens is 2. The number of thioether (sulfide) groups is 1. The van der Waals surface area contributed by atoms with E-state index in [9.17, 15) is 13.2 Å². The van der Waals surface area contributed by atoms with Crippen LogP contribution in [0.1, 0.15) is 36.2 Å². The van der Waals surface area contributed by atoms with E-state index in [1.807, 2.05) is 20.8 Å². The summed E-state index contributed by atoms with van der Waals surface area (Å²) in [5.41, 5.74) is 3.31. The topological polar surface area (TPSA) is 92.3 Å². The van der Waals surface area contributed by atoms with Gasteiger partial charge in [-0.25, -0.2) is 18.4 Å². The highest BCUT2D eigenvalue weighted by Gasteiger charge is 2.26. The maximum absolute atomic E-state index is 12.8. The van der Waals surface area contributed by atoms with Crippen LogP contribution in [0.25, 0.3) is 0 Å². The van der Waals surface area contributed by atoms with Gasteiger partial charge in [0.1, 0.15) is 0 Å². The minimum absolute atomic E-state index is 0.144. The Kier molecular flexibility index (Phi) is 6.92. The molecule has 0 atom stereocenters. The average molecular weight is 435 g/mol. The highest BCUT2D eigenvalue weighted by atomic mass is 32.2. The summed E-state index contributed by atoms with van der Waals surface area (Å²) in [6, 6.07) is 6.42. The number of hydrogen-bond acceptors (Lipinski definition) is 6. The van der Waals surface area contributed by atoms with E-state index in [-0.39, 0.29) is 16.6 Å². The first-order valence-corrected chi connectivity index (χ1v) is 12.0. The molecule has 9 heteroatoms. The van der Waals surface area contributed by atoms with E-state index in [0.29, 0.717) is 23.9 Å². The zero-order valence-corrected chi connectivity index (χ0v) is 18.6. The van der Waals surface area contributed by atoms with Crippen molar-refractivity contribution in [1.82, 2.24) is 14.3 Å². The van der Waals surface area contributed by atoms with Gasteiger partial charge < -0.3 is 5.32 Å². The van der Waals surface area contributed by atoms with Crippen molar-refractivity contribution in [3.05, 3.63) is 41.2 Å². The lowest BCUT2D eigenvalue weighted by Crippen LogP contribution is -2.35. The molecule has 1 aliphatic heterocycles. The molecule has 7 nitrogen and oxygen atoms in total. The van der Waals surface area contributed by atoms with Gasteiger partial charge in [0, 0.05) is 30.2 Å². The van der Waals surface area contributed by atoms with E-state index in [4.69, 9.17) is 0 Å². The van der Waals surface area contributed by atoms with Crippen molar-refractivity contribution >= 4 is 33.4 Å². The third-order valence-electron chi connectivity index (χ3n) is 5.02. The zero-order valence-electron chi connectivity index (χ0n) is 16.9. The fourth-order valence-electron chi connectivity index (χ4n) is 3.12. The van der Waals surface area contributed by atoms with Gasteiger partial charge in [0.15, 0.2) is 5.16 Å². The molecule has 1 saturated heterocycles. The summed E-state index contributed by atoms with van der Waals surface area (Å²) < 4.78 is 27.2.